The van der Waals surface area contributed by atoms with E-state index in [0.717, 1.165) is 98.3 Å². The van der Waals surface area contributed by atoms with Crippen molar-refractivity contribution in [1.82, 2.24) is 0 Å². The van der Waals surface area contributed by atoms with Crippen molar-refractivity contribution >= 4 is 0 Å². The summed E-state index contributed by atoms with van der Waals surface area (Å²) in [5, 5.41) is 62.2. The molecular formula is C92H132O6. The van der Waals surface area contributed by atoms with Crippen molar-refractivity contribution < 1.29 is 30.6 Å². The molecule has 0 radical (unpaired) electrons. The van der Waals surface area contributed by atoms with Crippen LogP contribution in [0.3, 0.4) is 0 Å². The minimum absolute atomic E-state index is 0.397. The van der Waals surface area contributed by atoms with Crippen LogP contribution in [0, 0.1) is 47.3 Å². The summed E-state index contributed by atoms with van der Waals surface area (Å²) < 4.78 is 0. The topological polar surface area (TPSA) is 121 Å². The number of rotatable bonds is 21. The van der Waals surface area contributed by atoms with E-state index in [1.165, 1.54) is 144 Å². The van der Waals surface area contributed by atoms with Gasteiger partial charge in [0, 0.05) is 0 Å². The van der Waals surface area contributed by atoms with Gasteiger partial charge in [-0.15, -0.1) is 0 Å². The normalized spacial score (nSPS) is 20.4. The molecule has 4 unspecified atom stereocenters. The molecule has 0 amide bonds. The molecule has 0 bridgehead atoms. The third-order valence-electron chi connectivity index (χ3n) is 25.7. The van der Waals surface area contributed by atoms with Crippen molar-refractivity contribution in [2.24, 2.45) is 47.3 Å². The summed E-state index contributed by atoms with van der Waals surface area (Å²) in [5.74, 6) is 15.6. The summed E-state index contributed by atoms with van der Waals surface area (Å²) in [6.07, 6.45) is 26.5. The quantitative estimate of drug-likeness (QED) is 0.0427. The lowest BCUT2D eigenvalue weighted by Crippen LogP contribution is -2.18. The molecule has 6 aromatic carbocycles. The highest BCUT2D eigenvalue weighted by atomic mass is 16.3. The van der Waals surface area contributed by atoms with Crippen LogP contribution in [0.5, 0.6) is 34.5 Å². The molecular weight excluding hydrogens is 1200 g/mol. The molecule has 8 saturated carbocycles. The summed E-state index contributed by atoms with van der Waals surface area (Å²) in [6, 6.07) is 37.6. The van der Waals surface area contributed by atoms with Crippen molar-refractivity contribution in [3.8, 4) is 34.5 Å². The predicted octanol–water partition coefficient (Wildman–Crippen LogP) is 26.5. The average molecular weight is 1330 g/mol. The van der Waals surface area contributed by atoms with Crippen molar-refractivity contribution in [2.45, 2.75) is 310 Å². The number of para-hydroxylation sites is 6. The van der Waals surface area contributed by atoms with Crippen LogP contribution in [0.15, 0.2) is 109 Å². The summed E-state index contributed by atoms with van der Waals surface area (Å²) in [7, 11) is 0. The molecule has 6 aromatic rings. The summed E-state index contributed by atoms with van der Waals surface area (Å²) in [6.45, 7) is 35.2. The standard InChI is InChI=1S/2C16H22O.4C15H22O/c2*1-10(12-6-7-12)14-4-3-5-15(16(14)17)11(2)13-8-9-13;3*1-10(2)13-8-5-9-14(15(13)16)11(3)12-6-4-7-12;1-4-10(2)13-6-5-7-14(15(13)16)11(3)12-8-9-12/h2*3-5,10-13,17H,6-9H2,1-2H3;3*5,8-12,16H,4,6-7H2,1-3H3;5-7,10-12,16H,4,8-9H2,1-3H3/t2*10-,11?;2*11-;;10?,11-/m1010.0/s1. The van der Waals surface area contributed by atoms with Gasteiger partial charge in [0.1, 0.15) is 34.5 Å². The fourth-order valence-corrected chi connectivity index (χ4v) is 16.3. The fourth-order valence-electron chi connectivity index (χ4n) is 16.3. The molecule has 9 atom stereocenters. The first-order chi connectivity index (χ1) is 46.8. The van der Waals surface area contributed by atoms with Gasteiger partial charge in [-0.2, -0.15) is 0 Å². The zero-order chi connectivity index (χ0) is 70.8. The number of hydrogen-bond acceptors (Lipinski definition) is 6. The molecule has 14 rings (SSSR count). The molecule has 0 heterocycles. The predicted molar refractivity (Wildman–Crippen MR) is 413 cm³/mol. The van der Waals surface area contributed by atoms with E-state index in [4.69, 9.17) is 0 Å². The van der Waals surface area contributed by atoms with Gasteiger partial charge in [0.05, 0.1) is 0 Å². The second-order valence-corrected chi connectivity index (χ2v) is 33.6. The fraction of sp³-hybridized carbons (Fsp3) is 0.609. The largest absolute Gasteiger partial charge is 0.507 e. The first-order valence-electron chi connectivity index (χ1n) is 39.7. The minimum Gasteiger partial charge on any atom is -0.507 e. The van der Waals surface area contributed by atoms with E-state index < -0.39 is 0 Å². The summed E-state index contributed by atoms with van der Waals surface area (Å²) >= 11 is 0. The van der Waals surface area contributed by atoms with Crippen LogP contribution in [-0.4, -0.2) is 30.6 Å². The monoisotopic (exact) mass is 1330 g/mol. The van der Waals surface area contributed by atoms with Crippen LogP contribution >= 0.6 is 0 Å². The van der Waals surface area contributed by atoms with E-state index in [1.807, 2.05) is 18.2 Å². The average Bonchev–Trinajstić information content (AvgIpc) is 1.77. The molecule has 536 valence electrons. The lowest BCUT2D eigenvalue weighted by Gasteiger charge is -2.32. The molecule has 0 spiro atoms. The van der Waals surface area contributed by atoms with Gasteiger partial charge in [-0.05, 0) is 294 Å². The Morgan fingerprint density at radius 1 is 0.224 bits per heavy atom. The molecule has 98 heavy (non-hydrogen) atoms. The van der Waals surface area contributed by atoms with Gasteiger partial charge < -0.3 is 30.6 Å². The van der Waals surface area contributed by atoms with Crippen molar-refractivity contribution in [2.75, 3.05) is 0 Å². The molecule has 8 aliphatic rings. The highest BCUT2D eigenvalue weighted by Gasteiger charge is 2.37. The van der Waals surface area contributed by atoms with Gasteiger partial charge in [-0.1, -0.05) is 239 Å². The molecule has 6 nitrogen and oxygen atoms in total. The number of phenols is 6. The lowest BCUT2D eigenvalue weighted by molar-refractivity contribution is 0.268. The molecule has 8 aliphatic carbocycles. The maximum atomic E-state index is 10.5. The van der Waals surface area contributed by atoms with Crippen molar-refractivity contribution in [3.05, 3.63) is 176 Å². The van der Waals surface area contributed by atoms with E-state index >= 15 is 0 Å². The van der Waals surface area contributed by atoms with Gasteiger partial charge in [-0.25, -0.2) is 0 Å². The van der Waals surface area contributed by atoms with Gasteiger partial charge in [-0.3, -0.25) is 0 Å². The molecule has 0 aliphatic heterocycles. The number of hydrogen-bond donors (Lipinski definition) is 6. The molecule has 6 heteroatoms. The Kier molecular flexibility index (Phi) is 27.0. The van der Waals surface area contributed by atoms with Crippen LogP contribution < -0.4 is 0 Å². The Balaban J connectivity index is 0.000000138. The summed E-state index contributed by atoms with van der Waals surface area (Å²) in [5.41, 5.74) is 13.7. The Morgan fingerprint density at radius 2 is 0.367 bits per heavy atom. The zero-order valence-corrected chi connectivity index (χ0v) is 63.8. The van der Waals surface area contributed by atoms with E-state index in [-0.39, 0.29) is 0 Å². The lowest BCUT2D eigenvalue weighted by atomic mass is 9.73. The smallest absolute Gasteiger partial charge is 0.122 e. The van der Waals surface area contributed by atoms with E-state index in [1.54, 1.807) is 0 Å². The third-order valence-corrected chi connectivity index (χ3v) is 25.7. The van der Waals surface area contributed by atoms with E-state index in [0.29, 0.717) is 106 Å². The first kappa shape index (κ1) is 76.3. The van der Waals surface area contributed by atoms with Crippen molar-refractivity contribution in [3.63, 3.8) is 0 Å². The molecule has 0 aromatic heterocycles. The van der Waals surface area contributed by atoms with Gasteiger partial charge in [0.25, 0.3) is 0 Å². The Labute approximate surface area is 595 Å². The van der Waals surface area contributed by atoms with Crippen molar-refractivity contribution in [1.29, 1.82) is 0 Å². The SMILES string of the molecule is CC(C)c1cccc(C(C)C2CCC2)c1O.CC(C)c1cccc([C@@H](C)C2CCC2)c1O.CC(C)c1cccc([C@H](C)C2CCC2)c1O.CC(c1cccc([C@@H](C)C2CC2)c1O)C1CC1.CC(c1cccc([C@H](C)C2CC2)c1O)C1CC1.CCC(C)c1cccc([C@@H](C)C2CC2)c1O. The van der Waals surface area contributed by atoms with Crippen LogP contribution in [-0.2, 0) is 0 Å². The Morgan fingerprint density at radius 3 is 0.510 bits per heavy atom. The zero-order valence-electron chi connectivity index (χ0n) is 63.8. The molecule has 8 fully saturated rings. The maximum Gasteiger partial charge on any atom is 0.122 e. The molecule has 0 saturated heterocycles. The number of phenolic OH excluding ortho intramolecular Hbond substituents is 6. The number of benzene rings is 6. The van der Waals surface area contributed by atoms with E-state index in [9.17, 15) is 30.6 Å². The van der Waals surface area contributed by atoms with E-state index in [2.05, 4.69) is 202 Å². The second-order valence-electron chi connectivity index (χ2n) is 33.6. The van der Waals surface area contributed by atoms with Crippen LogP contribution in [0.4, 0.5) is 0 Å². The van der Waals surface area contributed by atoms with Gasteiger partial charge in [0.15, 0.2) is 0 Å². The third kappa shape index (κ3) is 19.2. The highest BCUT2D eigenvalue weighted by molar-refractivity contribution is 5.49. The molecule has 6 N–H and O–H groups in total. The maximum absolute atomic E-state index is 10.5. The first-order valence-corrected chi connectivity index (χ1v) is 39.7. The van der Waals surface area contributed by atoms with Crippen LogP contribution in [0.1, 0.15) is 377 Å². The van der Waals surface area contributed by atoms with Crippen LogP contribution in [0.25, 0.3) is 0 Å². The van der Waals surface area contributed by atoms with Gasteiger partial charge in [0.2, 0.25) is 0 Å². The van der Waals surface area contributed by atoms with Gasteiger partial charge >= 0.3 is 0 Å². The number of aromatic hydroxyl groups is 6. The Bertz CT molecular complexity index is 3140. The highest BCUT2D eigenvalue weighted by Crippen LogP contribution is 2.53. The summed E-state index contributed by atoms with van der Waals surface area (Å²) in [4.78, 5) is 0. The Hall–Kier alpha value is -5.88. The van der Waals surface area contributed by atoms with Crippen LogP contribution in [0.2, 0.25) is 0 Å². The second kappa shape index (κ2) is 34.7. The minimum atomic E-state index is 0.397.